The summed E-state index contributed by atoms with van der Waals surface area (Å²) in [6.45, 7) is 3.86. The molecule has 0 aliphatic carbocycles. The zero-order chi connectivity index (χ0) is 14.0. The van der Waals surface area contributed by atoms with Crippen molar-refractivity contribution in [2.75, 3.05) is 13.1 Å². The highest BCUT2D eigenvalue weighted by molar-refractivity contribution is 7.89. The molecule has 0 aromatic carbocycles. The molecule has 1 aromatic heterocycles. The molecule has 2 rings (SSSR count). The zero-order valence-corrected chi connectivity index (χ0v) is 11.8. The number of sulfonamides is 1. The minimum absolute atomic E-state index is 0.00490. The molecule has 7 heteroatoms. The van der Waals surface area contributed by atoms with Crippen molar-refractivity contribution < 1.29 is 13.2 Å². The number of primary sulfonamides is 1. The number of likely N-dealkylation sites (tertiary alicyclic amines) is 1. The topological polar surface area (TPSA) is 85.4 Å². The highest BCUT2D eigenvalue weighted by atomic mass is 32.2. The summed E-state index contributed by atoms with van der Waals surface area (Å²) in [5.41, 5.74) is 0.397. The number of nitrogens with zero attached hydrogens (tertiary/aromatic N) is 2. The van der Waals surface area contributed by atoms with Crippen LogP contribution in [0.1, 0.15) is 36.7 Å². The number of amides is 1. The van der Waals surface area contributed by atoms with Gasteiger partial charge in [-0.25, -0.2) is 13.6 Å². The van der Waals surface area contributed by atoms with Gasteiger partial charge in [-0.2, -0.15) is 0 Å². The van der Waals surface area contributed by atoms with Crippen LogP contribution in [0.15, 0.2) is 17.2 Å². The summed E-state index contributed by atoms with van der Waals surface area (Å²) in [6.07, 6.45) is 4.56. The van der Waals surface area contributed by atoms with Gasteiger partial charge in [-0.05, 0) is 32.3 Å². The molecule has 2 heterocycles. The van der Waals surface area contributed by atoms with Gasteiger partial charge in [0.15, 0.2) is 0 Å². The van der Waals surface area contributed by atoms with Crippen molar-refractivity contribution in [2.24, 2.45) is 5.14 Å². The summed E-state index contributed by atoms with van der Waals surface area (Å²) in [5, 5.41) is 5.11. The van der Waals surface area contributed by atoms with E-state index in [0.29, 0.717) is 12.2 Å². The van der Waals surface area contributed by atoms with Gasteiger partial charge >= 0.3 is 0 Å². The van der Waals surface area contributed by atoms with Crippen LogP contribution in [0, 0.1) is 0 Å². The second-order valence-electron chi connectivity index (χ2n) is 4.74. The van der Waals surface area contributed by atoms with E-state index in [-0.39, 0.29) is 10.8 Å². The minimum atomic E-state index is -3.77. The normalized spacial score (nSPS) is 16.6. The zero-order valence-electron chi connectivity index (χ0n) is 11.0. The molecule has 0 spiro atoms. The van der Waals surface area contributed by atoms with Crippen LogP contribution in [0.5, 0.6) is 0 Å². The number of aromatic nitrogens is 1. The molecule has 1 saturated heterocycles. The highest BCUT2D eigenvalue weighted by Crippen LogP contribution is 2.18. The lowest BCUT2D eigenvalue weighted by molar-refractivity contribution is 0.0713. The summed E-state index contributed by atoms with van der Waals surface area (Å²) < 4.78 is 24.3. The van der Waals surface area contributed by atoms with Crippen LogP contribution in [-0.4, -0.2) is 36.9 Å². The second-order valence-corrected chi connectivity index (χ2v) is 6.31. The summed E-state index contributed by atoms with van der Waals surface area (Å²) >= 11 is 0. The van der Waals surface area contributed by atoms with Gasteiger partial charge < -0.3 is 9.47 Å². The number of rotatable bonds is 3. The smallest absolute Gasteiger partial charge is 0.270 e. The first-order chi connectivity index (χ1) is 8.93. The van der Waals surface area contributed by atoms with E-state index >= 15 is 0 Å². The average molecular weight is 285 g/mol. The van der Waals surface area contributed by atoms with E-state index < -0.39 is 10.0 Å². The lowest BCUT2D eigenvalue weighted by Gasteiger charge is -2.26. The quantitative estimate of drug-likeness (QED) is 0.890. The molecule has 0 atom stereocenters. The first-order valence-corrected chi connectivity index (χ1v) is 8.00. The second kappa shape index (κ2) is 5.34. The van der Waals surface area contributed by atoms with Crippen LogP contribution in [0.3, 0.4) is 0 Å². The average Bonchev–Trinajstić information content (AvgIpc) is 2.83. The number of hydrogen-bond donors (Lipinski definition) is 1. The van der Waals surface area contributed by atoms with Crippen LogP contribution in [-0.2, 0) is 16.6 Å². The van der Waals surface area contributed by atoms with Gasteiger partial charge in [-0.1, -0.05) is 0 Å². The number of nitrogens with two attached hydrogens (primary N) is 1. The Bertz CT molecular complexity index is 571. The summed E-state index contributed by atoms with van der Waals surface area (Å²) in [4.78, 5) is 14.2. The van der Waals surface area contributed by atoms with Crippen LogP contribution in [0.4, 0.5) is 0 Å². The van der Waals surface area contributed by atoms with Gasteiger partial charge in [0.25, 0.3) is 5.91 Å². The predicted octanol–water partition coefficient (Wildman–Crippen LogP) is 0.781. The van der Waals surface area contributed by atoms with Crippen LogP contribution in [0.25, 0.3) is 0 Å². The van der Waals surface area contributed by atoms with Crippen molar-refractivity contribution in [1.29, 1.82) is 0 Å². The molecule has 1 fully saturated rings. The molecule has 6 nitrogen and oxygen atoms in total. The van der Waals surface area contributed by atoms with Crippen molar-refractivity contribution in [3.8, 4) is 0 Å². The number of aryl methyl sites for hydroxylation is 1. The molecule has 0 unspecified atom stereocenters. The van der Waals surface area contributed by atoms with E-state index in [1.807, 2.05) is 6.92 Å². The maximum Gasteiger partial charge on any atom is 0.270 e. The Morgan fingerprint density at radius 3 is 2.47 bits per heavy atom. The molecule has 0 saturated carbocycles. The van der Waals surface area contributed by atoms with E-state index in [0.717, 1.165) is 32.4 Å². The minimum Gasteiger partial charge on any atom is -0.342 e. The van der Waals surface area contributed by atoms with E-state index in [4.69, 9.17) is 5.14 Å². The van der Waals surface area contributed by atoms with E-state index in [1.54, 1.807) is 9.47 Å². The van der Waals surface area contributed by atoms with Crippen molar-refractivity contribution in [3.63, 3.8) is 0 Å². The monoisotopic (exact) mass is 285 g/mol. The molecule has 1 amide bonds. The molecule has 1 aliphatic rings. The number of piperidine rings is 1. The SMILES string of the molecule is CCn1cc(S(N)(=O)=O)cc1C(=O)N1CCCCC1. The maximum absolute atomic E-state index is 12.4. The van der Waals surface area contributed by atoms with Crippen molar-refractivity contribution >= 4 is 15.9 Å². The Morgan fingerprint density at radius 2 is 1.95 bits per heavy atom. The van der Waals surface area contributed by atoms with Crippen LogP contribution in [0.2, 0.25) is 0 Å². The molecule has 1 aliphatic heterocycles. The largest absolute Gasteiger partial charge is 0.342 e. The van der Waals surface area contributed by atoms with E-state index in [1.165, 1.54) is 12.3 Å². The van der Waals surface area contributed by atoms with Crippen molar-refractivity contribution in [1.82, 2.24) is 9.47 Å². The van der Waals surface area contributed by atoms with E-state index in [2.05, 4.69) is 0 Å². The molecule has 0 radical (unpaired) electrons. The Kier molecular flexibility index (Phi) is 3.96. The molecule has 1 aromatic rings. The fourth-order valence-electron chi connectivity index (χ4n) is 2.34. The third-order valence-corrected chi connectivity index (χ3v) is 4.28. The molecule has 0 bridgehead atoms. The summed E-state index contributed by atoms with van der Waals surface area (Å²) in [7, 11) is -3.77. The summed E-state index contributed by atoms with van der Waals surface area (Å²) in [5.74, 6) is -0.114. The Labute approximate surface area is 113 Å². The van der Waals surface area contributed by atoms with Gasteiger partial charge in [0.2, 0.25) is 10.0 Å². The van der Waals surface area contributed by atoms with Crippen molar-refractivity contribution in [2.45, 2.75) is 37.6 Å². The lowest BCUT2D eigenvalue weighted by Crippen LogP contribution is -2.36. The van der Waals surface area contributed by atoms with Crippen LogP contribution < -0.4 is 5.14 Å². The predicted molar refractivity (Wildman–Crippen MR) is 71.2 cm³/mol. The number of carbonyl (C=O) groups is 1. The van der Waals surface area contributed by atoms with Crippen molar-refractivity contribution in [3.05, 3.63) is 18.0 Å². The Hall–Kier alpha value is -1.34. The Morgan fingerprint density at radius 1 is 1.32 bits per heavy atom. The molecule has 2 N–H and O–H groups in total. The fourth-order valence-corrected chi connectivity index (χ4v) is 2.89. The first kappa shape index (κ1) is 14.1. The maximum atomic E-state index is 12.4. The fraction of sp³-hybridized carbons (Fsp3) is 0.583. The Balaban J connectivity index is 2.32. The van der Waals surface area contributed by atoms with Gasteiger partial charge in [0, 0.05) is 25.8 Å². The van der Waals surface area contributed by atoms with Crippen LogP contribution >= 0.6 is 0 Å². The standard InChI is InChI=1S/C12H19N3O3S/c1-2-14-9-10(19(13,17)18)8-11(14)12(16)15-6-4-3-5-7-15/h8-9H,2-7H2,1H3,(H2,13,17,18). The summed E-state index contributed by atoms with van der Waals surface area (Å²) in [6, 6.07) is 1.37. The van der Waals surface area contributed by atoms with E-state index in [9.17, 15) is 13.2 Å². The third-order valence-electron chi connectivity index (χ3n) is 3.40. The number of carbonyl (C=O) groups excluding carboxylic acids is 1. The van der Waals surface area contributed by atoms with Gasteiger partial charge in [0.05, 0.1) is 0 Å². The molecular weight excluding hydrogens is 266 g/mol. The highest BCUT2D eigenvalue weighted by Gasteiger charge is 2.23. The van der Waals surface area contributed by atoms with Gasteiger partial charge in [-0.3, -0.25) is 4.79 Å². The molecule has 106 valence electrons. The van der Waals surface area contributed by atoms with Gasteiger partial charge in [-0.15, -0.1) is 0 Å². The number of hydrogen-bond acceptors (Lipinski definition) is 3. The lowest BCUT2D eigenvalue weighted by atomic mass is 10.1. The first-order valence-electron chi connectivity index (χ1n) is 6.45. The van der Waals surface area contributed by atoms with Gasteiger partial charge in [0.1, 0.15) is 10.6 Å². The molecular formula is C12H19N3O3S. The molecule has 19 heavy (non-hydrogen) atoms. The third kappa shape index (κ3) is 2.98.